The molecule has 6 heteroatoms. The van der Waals surface area contributed by atoms with Crippen molar-refractivity contribution in [3.63, 3.8) is 0 Å². The number of hydrogen-bond donors (Lipinski definition) is 1. The minimum atomic E-state index is 0. The Labute approximate surface area is 149 Å². The second-order valence-electron chi connectivity index (χ2n) is 5.08. The maximum atomic E-state index is 6.16. The molecule has 1 aromatic heterocycles. The van der Waals surface area contributed by atoms with Gasteiger partial charge < -0.3 is 14.6 Å². The lowest BCUT2D eigenvalue weighted by Gasteiger charge is -2.09. The Morgan fingerprint density at radius 1 is 1.09 bits per heavy atom. The van der Waals surface area contributed by atoms with Gasteiger partial charge in [0.2, 0.25) is 0 Å². The van der Waals surface area contributed by atoms with Crippen LogP contribution in [0.1, 0.15) is 12.2 Å². The molecule has 1 N–H and O–H groups in total. The van der Waals surface area contributed by atoms with Crippen LogP contribution in [0.2, 0.25) is 5.02 Å². The van der Waals surface area contributed by atoms with Crippen molar-refractivity contribution in [1.82, 2.24) is 10.2 Å². The van der Waals surface area contributed by atoms with E-state index in [9.17, 15) is 0 Å². The van der Waals surface area contributed by atoms with Crippen LogP contribution in [0.4, 0.5) is 0 Å². The third-order valence-corrected chi connectivity index (χ3v) is 3.39. The van der Waals surface area contributed by atoms with Crippen molar-refractivity contribution in [3.05, 3.63) is 47.2 Å². The molecule has 3 nitrogen and oxygen atoms in total. The Morgan fingerprint density at radius 3 is 2.50 bits per heavy atom. The Kier molecular flexibility index (Phi) is 10.6. The molecule has 0 amide bonds. The average Bonchev–Trinajstić information content (AvgIpc) is 2.87. The first kappa shape index (κ1) is 21.3. The number of benzene rings is 1. The summed E-state index contributed by atoms with van der Waals surface area (Å²) >= 11 is 6.16. The van der Waals surface area contributed by atoms with E-state index in [1.54, 1.807) is 0 Å². The van der Waals surface area contributed by atoms with Crippen molar-refractivity contribution < 1.29 is 4.42 Å². The Bertz CT molecular complexity index is 544. The van der Waals surface area contributed by atoms with Gasteiger partial charge in [-0.15, -0.1) is 24.8 Å². The molecule has 0 saturated heterocycles. The van der Waals surface area contributed by atoms with Crippen molar-refractivity contribution in [2.24, 2.45) is 0 Å². The summed E-state index contributed by atoms with van der Waals surface area (Å²) in [4.78, 5) is 2.18. The SMILES string of the molecule is CN(C)CCCNCc1ccc(-c2ccccc2Cl)o1.Cl.Cl. The predicted molar refractivity (Wildman–Crippen MR) is 98.5 cm³/mol. The highest BCUT2D eigenvalue weighted by Crippen LogP contribution is 2.28. The first-order valence-electron chi connectivity index (χ1n) is 6.86. The summed E-state index contributed by atoms with van der Waals surface area (Å²) in [5, 5.41) is 4.10. The lowest BCUT2D eigenvalue weighted by molar-refractivity contribution is 0.391. The van der Waals surface area contributed by atoms with Crippen LogP contribution in [0.15, 0.2) is 40.8 Å². The summed E-state index contributed by atoms with van der Waals surface area (Å²) in [5.41, 5.74) is 0.938. The molecule has 0 aliphatic rings. The normalized spacial score (nSPS) is 10.2. The zero-order valence-electron chi connectivity index (χ0n) is 12.8. The number of halogens is 3. The summed E-state index contributed by atoms with van der Waals surface area (Å²) in [7, 11) is 4.17. The van der Waals surface area contributed by atoms with Crippen LogP contribution in [-0.4, -0.2) is 32.1 Å². The minimum Gasteiger partial charge on any atom is -0.460 e. The van der Waals surface area contributed by atoms with Crippen LogP contribution < -0.4 is 5.32 Å². The summed E-state index contributed by atoms with van der Waals surface area (Å²) in [6.45, 7) is 2.83. The van der Waals surface area contributed by atoms with E-state index in [0.29, 0.717) is 5.02 Å². The quantitative estimate of drug-likeness (QED) is 0.733. The van der Waals surface area contributed by atoms with Crippen molar-refractivity contribution >= 4 is 36.4 Å². The molecule has 0 radical (unpaired) electrons. The van der Waals surface area contributed by atoms with Gasteiger partial charge in [0, 0.05) is 5.56 Å². The van der Waals surface area contributed by atoms with E-state index in [4.69, 9.17) is 16.0 Å². The molecule has 0 saturated carbocycles. The van der Waals surface area contributed by atoms with E-state index in [1.807, 2.05) is 36.4 Å². The summed E-state index contributed by atoms with van der Waals surface area (Å²) < 4.78 is 5.82. The highest BCUT2D eigenvalue weighted by Gasteiger charge is 2.07. The highest BCUT2D eigenvalue weighted by atomic mass is 35.5. The maximum absolute atomic E-state index is 6.16. The van der Waals surface area contributed by atoms with Gasteiger partial charge in [-0.25, -0.2) is 0 Å². The molecule has 0 aliphatic heterocycles. The highest BCUT2D eigenvalue weighted by molar-refractivity contribution is 6.33. The van der Waals surface area contributed by atoms with E-state index in [1.165, 1.54) is 0 Å². The first-order valence-corrected chi connectivity index (χ1v) is 7.23. The first-order chi connectivity index (χ1) is 9.66. The molecule has 1 heterocycles. The number of nitrogens with zero attached hydrogens (tertiary/aromatic N) is 1. The third kappa shape index (κ3) is 6.59. The Morgan fingerprint density at radius 2 is 1.82 bits per heavy atom. The van der Waals surface area contributed by atoms with Gasteiger partial charge in [0.1, 0.15) is 11.5 Å². The van der Waals surface area contributed by atoms with Crippen molar-refractivity contribution in [2.45, 2.75) is 13.0 Å². The van der Waals surface area contributed by atoms with Crippen LogP contribution in [0.3, 0.4) is 0 Å². The standard InChI is InChI=1S/C16H21ClN2O.2ClH/c1-19(2)11-5-10-18-12-13-8-9-16(20-13)14-6-3-4-7-15(14)17;;/h3-4,6-9,18H,5,10-12H2,1-2H3;2*1H. The molecule has 0 spiro atoms. The van der Waals surface area contributed by atoms with Crippen LogP contribution in [0.5, 0.6) is 0 Å². The second-order valence-corrected chi connectivity index (χ2v) is 5.49. The lowest BCUT2D eigenvalue weighted by Crippen LogP contribution is -2.20. The number of hydrogen-bond acceptors (Lipinski definition) is 3. The van der Waals surface area contributed by atoms with Gasteiger partial charge in [0.15, 0.2) is 0 Å². The molecular weight excluding hydrogens is 343 g/mol. The monoisotopic (exact) mass is 364 g/mol. The van der Waals surface area contributed by atoms with E-state index in [2.05, 4.69) is 24.3 Å². The van der Waals surface area contributed by atoms with Crippen molar-refractivity contribution in [3.8, 4) is 11.3 Å². The fourth-order valence-corrected chi connectivity index (χ4v) is 2.24. The van der Waals surface area contributed by atoms with Gasteiger partial charge >= 0.3 is 0 Å². The fraction of sp³-hybridized carbons (Fsp3) is 0.375. The van der Waals surface area contributed by atoms with Gasteiger partial charge in [0.25, 0.3) is 0 Å². The third-order valence-electron chi connectivity index (χ3n) is 3.06. The molecule has 0 atom stereocenters. The van der Waals surface area contributed by atoms with E-state index in [0.717, 1.165) is 43.1 Å². The molecule has 0 fully saturated rings. The lowest BCUT2D eigenvalue weighted by atomic mass is 10.2. The average molecular weight is 366 g/mol. The van der Waals surface area contributed by atoms with Gasteiger partial charge in [-0.2, -0.15) is 0 Å². The molecule has 0 bridgehead atoms. The van der Waals surface area contributed by atoms with Crippen LogP contribution in [0.25, 0.3) is 11.3 Å². The molecule has 2 aromatic rings. The Balaban J connectivity index is 0.00000220. The van der Waals surface area contributed by atoms with Gasteiger partial charge in [-0.05, 0) is 57.9 Å². The topological polar surface area (TPSA) is 28.4 Å². The van der Waals surface area contributed by atoms with E-state index >= 15 is 0 Å². The minimum absolute atomic E-state index is 0. The van der Waals surface area contributed by atoms with Gasteiger partial charge in [-0.3, -0.25) is 0 Å². The second kappa shape index (κ2) is 10.9. The van der Waals surface area contributed by atoms with Crippen molar-refractivity contribution in [2.75, 3.05) is 27.2 Å². The molecule has 124 valence electrons. The van der Waals surface area contributed by atoms with Crippen LogP contribution in [0, 0.1) is 0 Å². The molecule has 2 rings (SSSR count). The molecule has 0 unspecified atom stereocenters. The number of furan rings is 1. The number of rotatable bonds is 7. The van der Waals surface area contributed by atoms with Gasteiger partial charge in [0.05, 0.1) is 11.6 Å². The number of nitrogens with one attached hydrogen (secondary N) is 1. The zero-order valence-corrected chi connectivity index (χ0v) is 15.2. The summed E-state index contributed by atoms with van der Waals surface area (Å²) in [6.07, 6.45) is 1.13. The Hall–Kier alpha value is -0.710. The summed E-state index contributed by atoms with van der Waals surface area (Å²) in [5.74, 6) is 1.76. The van der Waals surface area contributed by atoms with Crippen LogP contribution >= 0.6 is 36.4 Å². The zero-order chi connectivity index (χ0) is 14.4. The molecular formula is C16H23Cl3N2O. The maximum Gasteiger partial charge on any atom is 0.135 e. The molecule has 1 aromatic carbocycles. The molecule has 0 aliphatic carbocycles. The predicted octanol–water partition coefficient (Wildman–Crippen LogP) is 4.48. The summed E-state index contributed by atoms with van der Waals surface area (Å²) in [6, 6.07) is 11.7. The largest absolute Gasteiger partial charge is 0.460 e. The fourth-order valence-electron chi connectivity index (χ4n) is 2.01. The van der Waals surface area contributed by atoms with Gasteiger partial charge in [-0.1, -0.05) is 23.7 Å². The van der Waals surface area contributed by atoms with E-state index in [-0.39, 0.29) is 24.8 Å². The smallest absolute Gasteiger partial charge is 0.135 e. The molecule has 22 heavy (non-hydrogen) atoms. The van der Waals surface area contributed by atoms with E-state index < -0.39 is 0 Å². The van der Waals surface area contributed by atoms with Crippen LogP contribution in [-0.2, 0) is 6.54 Å². The van der Waals surface area contributed by atoms with Crippen molar-refractivity contribution in [1.29, 1.82) is 0 Å².